The minimum atomic E-state index is -0.915. The van der Waals surface area contributed by atoms with Crippen LogP contribution in [0.1, 0.15) is 29.2 Å². The first-order chi connectivity index (χ1) is 13.8. The number of benzene rings is 2. The molecule has 152 valence electrons. The van der Waals surface area contributed by atoms with Crippen LogP contribution < -0.4 is 10.1 Å². The predicted molar refractivity (Wildman–Crippen MR) is 116 cm³/mol. The molecule has 2 rings (SSSR count). The number of esters is 1. The molecule has 0 spiro atoms. The molecule has 1 amide bonds. The molecule has 5 nitrogen and oxygen atoms in total. The zero-order chi connectivity index (χ0) is 21.4. The van der Waals surface area contributed by atoms with Crippen molar-refractivity contribution in [2.24, 2.45) is 0 Å². The summed E-state index contributed by atoms with van der Waals surface area (Å²) in [4.78, 5) is 24.4. The van der Waals surface area contributed by atoms with E-state index >= 15 is 0 Å². The van der Waals surface area contributed by atoms with Gasteiger partial charge in [-0.15, -0.1) is 0 Å². The average Bonchev–Trinajstić information content (AvgIpc) is 2.68. The molecular formula is C24H27NO4. The molecule has 5 heteroatoms. The summed E-state index contributed by atoms with van der Waals surface area (Å²) < 4.78 is 10.6. The van der Waals surface area contributed by atoms with Crippen molar-refractivity contribution in [3.05, 3.63) is 77.4 Å². The van der Waals surface area contributed by atoms with Gasteiger partial charge in [0.1, 0.15) is 12.4 Å². The van der Waals surface area contributed by atoms with Crippen molar-refractivity contribution in [2.45, 2.75) is 33.8 Å². The lowest BCUT2D eigenvalue weighted by molar-refractivity contribution is -0.148. The summed E-state index contributed by atoms with van der Waals surface area (Å²) in [6.45, 7) is 11.4. The van der Waals surface area contributed by atoms with Crippen LogP contribution >= 0.6 is 0 Å². The number of hydrogen-bond acceptors (Lipinski definition) is 4. The molecule has 2 aromatic rings. The third-order valence-corrected chi connectivity index (χ3v) is 4.25. The highest BCUT2D eigenvalue weighted by Gasteiger charge is 2.18. The fraction of sp³-hybridized carbons (Fsp3) is 0.250. The summed E-state index contributed by atoms with van der Waals surface area (Å²) >= 11 is 0. The minimum Gasteiger partial charge on any atom is -0.490 e. The fourth-order valence-electron chi connectivity index (χ4n) is 2.86. The molecule has 0 saturated carbocycles. The molecule has 0 aliphatic rings. The van der Waals surface area contributed by atoms with Crippen LogP contribution in [-0.2, 0) is 14.3 Å². The van der Waals surface area contributed by atoms with Crippen LogP contribution in [0.3, 0.4) is 0 Å². The van der Waals surface area contributed by atoms with Crippen LogP contribution in [0.5, 0.6) is 5.75 Å². The number of carbonyl (C=O) groups excluding carboxylic acids is 2. The smallest absolute Gasteiger partial charge is 0.331 e. The van der Waals surface area contributed by atoms with Crippen molar-refractivity contribution in [3.63, 3.8) is 0 Å². The van der Waals surface area contributed by atoms with E-state index in [2.05, 4.69) is 11.9 Å². The van der Waals surface area contributed by atoms with Gasteiger partial charge in [0.15, 0.2) is 6.10 Å². The van der Waals surface area contributed by atoms with Gasteiger partial charge in [-0.05, 0) is 62.6 Å². The van der Waals surface area contributed by atoms with Crippen molar-refractivity contribution >= 4 is 23.6 Å². The van der Waals surface area contributed by atoms with E-state index in [1.54, 1.807) is 31.2 Å². The molecule has 0 aliphatic heterocycles. The highest BCUT2D eigenvalue weighted by atomic mass is 16.5. The van der Waals surface area contributed by atoms with E-state index < -0.39 is 12.1 Å². The molecule has 2 aromatic carbocycles. The monoisotopic (exact) mass is 393 g/mol. The fourth-order valence-corrected chi connectivity index (χ4v) is 2.86. The molecule has 29 heavy (non-hydrogen) atoms. The largest absolute Gasteiger partial charge is 0.490 e. The SMILES string of the molecule is C=CCOc1ccc(/C=C/C(=O)OC(C)C(=O)Nc2c(C)cc(C)cc2C)cc1. The molecule has 0 aromatic heterocycles. The average molecular weight is 393 g/mol. The number of amides is 1. The van der Waals surface area contributed by atoms with E-state index in [0.717, 1.165) is 33.7 Å². The second-order valence-electron chi connectivity index (χ2n) is 6.84. The maximum Gasteiger partial charge on any atom is 0.331 e. The Morgan fingerprint density at radius 3 is 2.31 bits per heavy atom. The molecule has 0 bridgehead atoms. The third kappa shape index (κ3) is 6.64. The lowest BCUT2D eigenvalue weighted by Crippen LogP contribution is -2.30. The van der Waals surface area contributed by atoms with Crippen LogP contribution in [0.4, 0.5) is 5.69 Å². The van der Waals surface area contributed by atoms with Crippen LogP contribution in [-0.4, -0.2) is 24.6 Å². The summed E-state index contributed by atoms with van der Waals surface area (Å²) in [6, 6.07) is 11.2. The predicted octanol–water partition coefficient (Wildman–Crippen LogP) is 4.76. The van der Waals surface area contributed by atoms with E-state index in [-0.39, 0.29) is 5.91 Å². The van der Waals surface area contributed by atoms with Gasteiger partial charge in [0.05, 0.1) is 0 Å². The first-order valence-electron chi connectivity index (χ1n) is 9.41. The Labute approximate surface area is 172 Å². The normalized spacial score (nSPS) is 11.7. The highest BCUT2D eigenvalue weighted by Crippen LogP contribution is 2.22. The molecular weight excluding hydrogens is 366 g/mol. The lowest BCUT2D eigenvalue weighted by Gasteiger charge is -2.16. The van der Waals surface area contributed by atoms with Crippen molar-refractivity contribution < 1.29 is 19.1 Å². The molecule has 1 atom stereocenters. The number of nitrogens with one attached hydrogen (secondary N) is 1. The van der Waals surface area contributed by atoms with Crippen molar-refractivity contribution in [3.8, 4) is 5.75 Å². The van der Waals surface area contributed by atoms with Gasteiger partial charge in [0.2, 0.25) is 0 Å². The molecule has 0 saturated heterocycles. The van der Waals surface area contributed by atoms with Crippen molar-refractivity contribution in [2.75, 3.05) is 11.9 Å². The van der Waals surface area contributed by atoms with Gasteiger partial charge in [-0.25, -0.2) is 4.79 Å². The van der Waals surface area contributed by atoms with Crippen LogP contribution in [0.25, 0.3) is 6.08 Å². The van der Waals surface area contributed by atoms with E-state index in [1.165, 1.54) is 6.08 Å². The standard InChI is InChI=1S/C24H27NO4/c1-6-13-28-21-10-7-20(8-11-21)9-12-22(26)29-19(5)24(27)25-23-17(3)14-16(2)15-18(23)4/h6-12,14-15,19H,1,13H2,2-5H3,(H,25,27)/b12-9+. The van der Waals surface area contributed by atoms with E-state index in [1.807, 2.05) is 45.0 Å². The second kappa shape index (κ2) is 10.3. The molecule has 1 N–H and O–H groups in total. The van der Waals surface area contributed by atoms with Gasteiger partial charge in [-0.1, -0.05) is 42.5 Å². The number of rotatable bonds is 8. The maximum absolute atomic E-state index is 12.4. The third-order valence-electron chi connectivity index (χ3n) is 4.25. The number of aryl methyl sites for hydroxylation is 3. The highest BCUT2D eigenvalue weighted by molar-refractivity contribution is 5.97. The maximum atomic E-state index is 12.4. The quantitative estimate of drug-likeness (QED) is 0.399. The summed E-state index contributed by atoms with van der Waals surface area (Å²) in [6.07, 6.45) is 3.68. The molecule has 0 aliphatic carbocycles. The molecule has 0 fully saturated rings. The zero-order valence-electron chi connectivity index (χ0n) is 17.3. The zero-order valence-corrected chi connectivity index (χ0v) is 17.3. The van der Waals surface area contributed by atoms with Crippen LogP contribution in [0, 0.1) is 20.8 Å². The minimum absolute atomic E-state index is 0.370. The van der Waals surface area contributed by atoms with Crippen molar-refractivity contribution in [1.29, 1.82) is 0 Å². The summed E-state index contributed by atoms with van der Waals surface area (Å²) in [5, 5.41) is 2.85. The topological polar surface area (TPSA) is 64.6 Å². The van der Waals surface area contributed by atoms with Gasteiger partial charge in [-0.2, -0.15) is 0 Å². The number of anilines is 1. The summed E-state index contributed by atoms with van der Waals surface area (Å²) in [7, 11) is 0. The Kier molecular flexibility index (Phi) is 7.78. The number of carbonyl (C=O) groups is 2. The van der Waals surface area contributed by atoms with Gasteiger partial charge in [0, 0.05) is 11.8 Å². The molecule has 0 heterocycles. The Morgan fingerprint density at radius 2 is 1.72 bits per heavy atom. The second-order valence-corrected chi connectivity index (χ2v) is 6.84. The van der Waals surface area contributed by atoms with Gasteiger partial charge in [0.25, 0.3) is 5.91 Å². The van der Waals surface area contributed by atoms with Crippen molar-refractivity contribution in [1.82, 2.24) is 0 Å². The molecule has 0 radical (unpaired) electrons. The first kappa shape index (κ1) is 22.0. The number of ether oxygens (including phenoxy) is 2. The Balaban J connectivity index is 1.92. The van der Waals surface area contributed by atoms with Crippen LogP contribution in [0.2, 0.25) is 0 Å². The Bertz CT molecular complexity index is 890. The van der Waals surface area contributed by atoms with Gasteiger partial charge >= 0.3 is 5.97 Å². The lowest BCUT2D eigenvalue weighted by atomic mass is 10.0. The number of hydrogen-bond donors (Lipinski definition) is 1. The first-order valence-corrected chi connectivity index (χ1v) is 9.41. The summed E-state index contributed by atoms with van der Waals surface area (Å²) in [5.74, 6) is -0.237. The van der Waals surface area contributed by atoms with Crippen LogP contribution in [0.15, 0.2) is 55.1 Å². The van der Waals surface area contributed by atoms with E-state index in [9.17, 15) is 9.59 Å². The van der Waals surface area contributed by atoms with Gasteiger partial charge < -0.3 is 14.8 Å². The Hall–Kier alpha value is -3.34. The van der Waals surface area contributed by atoms with E-state index in [4.69, 9.17) is 9.47 Å². The van der Waals surface area contributed by atoms with Gasteiger partial charge in [-0.3, -0.25) is 4.79 Å². The summed E-state index contributed by atoms with van der Waals surface area (Å²) in [5.41, 5.74) is 4.63. The Morgan fingerprint density at radius 1 is 1.10 bits per heavy atom. The van der Waals surface area contributed by atoms with E-state index in [0.29, 0.717) is 6.61 Å². The molecule has 1 unspecified atom stereocenters.